The van der Waals surface area contributed by atoms with Crippen molar-refractivity contribution in [2.75, 3.05) is 47.2 Å². The molecule has 166 valence electrons. The van der Waals surface area contributed by atoms with Crippen molar-refractivity contribution in [3.63, 3.8) is 0 Å². The average molecular weight is 545 g/mol. The Kier molecular flexibility index (Phi) is 12.4. The van der Waals surface area contributed by atoms with E-state index in [0.717, 1.165) is 41.6 Å². The van der Waals surface area contributed by atoms with E-state index in [1.807, 2.05) is 55.6 Å². The predicted molar refractivity (Wildman–Crippen MR) is 136 cm³/mol. The van der Waals surface area contributed by atoms with Gasteiger partial charge in [-0.15, -0.1) is 24.0 Å². The number of halogens is 1. The third kappa shape index (κ3) is 8.51. The summed E-state index contributed by atoms with van der Waals surface area (Å²) in [6.45, 7) is 1.41. The highest BCUT2D eigenvalue weighted by molar-refractivity contribution is 14.0. The summed E-state index contributed by atoms with van der Waals surface area (Å²) in [5, 5.41) is 3.30. The molecule has 0 heterocycles. The Bertz CT molecular complexity index is 819. The first-order valence-corrected chi connectivity index (χ1v) is 11.1. The van der Waals surface area contributed by atoms with Gasteiger partial charge in [0.05, 0.1) is 14.2 Å². The molecule has 0 bridgehead atoms. The Morgan fingerprint density at radius 1 is 1.07 bits per heavy atom. The van der Waals surface area contributed by atoms with Crippen LogP contribution < -0.4 is 14.8 Å². The Balaban J connectivity index is 0.00000450. The monoisotopic (exact) mass is 545 g/mol. The number of likely N-dealkylation sites (N-methyl/N-ethyl adjacent to an activating group) is 1. The fourth-order valence-electron chi connectivity index (χ4n) is 2.93. The number of hydrogen-bond acceptors (Lipinski definition) is 4. The first kappa shape index (κ1) is 26.2. The van der Waals surface area contributed by atoms with Gasteiger partial charge in [0, 0.05) is 49.5 Å². The van der Waals surface area contributed by atoms with E-state index in [9.17, 15) is 4.21 Å². The molecule has 0 saturated heterocycles. The number of nitrogens with one attached hydrogen (secondary N) is 1. The summed E-state index contributed by atoms with van der Waals surface area (Å²) < 4.78 is 22.9. The molecule has 0 saturated carbocycles. The Hall–Kier alpha value is -1.81. The van der Waals surface area contributed by atoms with Gasteiger partial charge in [-0.05, 0) is 29.7 Å². The minimum absolute atomic E-state index is 0. The summed E-state index contributed by atoms with van der Waals surface area (Å²) in [6.07, 6.45) is 0.845. The zero-order valence-corrected chi connectivity index (χ0v) is 21.2. The second kappa shape index (κ2) is 14.2. The normalized spacial score (nSPS) is 11.9. The minimum atomic E-state index is -0.905. The maximum Gasteiger partial charge on any atom is 0.193 e. The molecule has 0 aliphatic rings. The van der Waals surface area contributed by atoms with Gasteiger partial charge in [0.1, 0.15) is 0 Å². The van der Waals surface area contributed by atoms with Crippen molar-refractivity contribution in [2.24, 2.45) is 4.99 Å². The zero-order chi connectivity index (χ0) is 21.1. The van der Waals surface area contributed by atoms with Gasteiger partial charge in [-0.25, -0.2) is 0 Å². The number of nitrogens with zero attached hydrogens (tertiary/aromatic N) is 2. The third-order valence-corrected chi connectivity index (χ3v) is 5.86. The molecule has 0 aliphatic carbocycles. The van der Waals surface area contributed by atoms with Crippen molar-refractivity contribution >= 4 is 40.7 Å². The molecule has 0 aliphatic heterocycles. The van der Waals surface area contributed by atoms with Crippen molar-refractivity contribution in [1.82, 2.24) is 10.2 Å². The van der Waals surface area contributed by atoms with E-state index in [-0.39, 0.29) is 24.0 Å². The van der Waals surface area contributed by atoms with Crippen LogP contribution in [-0.2, 0) is 23.0 Å². The van der Waals surface area contributed by atoms with Crippen molar-refractivity contribution in [1.29, 1.82) is 0 Å². The Morgan fingerprint density at radius 3 is 2.40 bits per heavy atom. The lowest BCUT2D eigenvalue weighted by Crippen LogP contribution is -2.41. The minimum Gasteiger partial charge on any atom is -0.493 e. The molecular formula is C22H32IN3O3S. The van der Waals surface area contributed by atoms with E-state index >= 15 is 0 Å². The Morgan fingerprint density at radius 2 is 1.77 bits per heavy atom. The maximum absolute atomic E-state index is 12.3. The zero-order valence-electron chi connectivity index (χ0n) is 18.1. The van der Waals surface area contributed by atoms with Gasteiger partial charge in [-0.2, -0.15) is 0 Å². The van der Waals surface area contributed by atoms with E-state index in [2.05, 4.69) is 15.2 Å². The van der Waals surface area contributed by atoms with Crippen LogP contribution in [0.2, 0.25) is 0 Å². The lowest BCUT2D eigenvalue weighted by atomic mass is 10.1. The highest BCUT2D eigenvalue weighted by Crippen LogP contribution is 2.27. The van der Waals surface area contributed by atoms with Crippen LogP contribution >= 0.6 is 24.0 Å². The van der Waals surface area contributed by atoms with E-state index in [1.54, 1.807) is 21.3 Å². The summed E-state index contributed by atoms with van der Waals surface area (Å²) in [6, 6.07) is 15.9. The molecular weight excluding hydrogens is 513 g/mol. The summed E-state index contributed by atoms with van der Waals surface area (Å²) in [7, 11) is 6.13. The second-order valence-corrected chi connectivity index (χ2v) is 8.19. The molecule has 0 radical (unpaired) electrons. The number of aliphatic imine (C=N–C) groups is 1. The molecule has 0 spiro atoms. The average Bonchev–Trinajstić information content (AvgIpc) is 2.75. The fourth-order valence-corrected chi connectivity index (χ4v) is 3.97. The van der Waals surface area contributed by atoms with Crippen molar-refractivity contribution in [3.05, 3.63) is 59.7 Å². The van der Waals surface area contributed by atoms with Gasteiger partial charge in [0.25, 0.3) is 0 Å². The number of guanidine groups is 1. The molecule has 30 heavy (non-hydrogen) atoms. The van der Waals surface area contributed by atoms with Crippen LogP contribution in [0, 0.1) is 0 Å². The number of rotatable bonds is 10. The van der Waals surface area contributed by atoms with Gasteiger partial charge in [-0.1, -0.05) is 36.4 Å². The molecule has 1 unspecified atom stereocenters. The molecule has 6 nitrogen and oxygen atoms in total. The molecule has 0 aromatic heterocycles. The molecule has 1 N–H and O–H groups in total. The summed E-state index contributed by atoms with van der Waals surface area (Å²) in [5.74, 6) is 3.41. The van der Waals surface area contributed by atoms with Crippen LogP contribution in [0.4, 0.5) is 0 Å². The van der Waals surface area contributed by atoms with E-state index < -0.39 is 10.8 Å². The van der Waals surface area contributed by atoms with Crippen molar-refractivity contribution in [3.8, 4) is 11.5 Å². The van der Waals surface area contributed by atoms with Gasteiger partial charge < -0.3 is 19.7 Å². The topological polar surface area (TPSA) is 63.2 Å². The highest BCUT2D eigenvalue weighted by Gasteiger charge is 2.09. The molecule has 2 rings (SSSR count). The standard InChI is InChI=1S/C22H31N3O3S.HI/c1-23-22(24-13-15-29(26)17-19-8-6-5-7-9-19)25(2)14-12-18-10-11-20(27-3)21(16-18)28-4;/h5-11,16H,12-15,17H2,1-4H3,(H,23,24);1H. The van der Waals surface area contributed by atoms with E-state index in [0.29, 0.717) is 18.1 Å². The first-order chi connectivity index (χ1) is 14.1. The molecule has 2 aromatic carbocycles. The number of benzene rings is 2. The van der Waals surface area contributed by atoms with Crippen LogP contribution in [0.15, 0.2) is 53.5 Å². The van der Waals surface area contributed by atoms with Crippen molar-refractivity contribution in [2.45, 2.75) is 12.2 Å². The van der Waals surface area contributed by atoms with Crippen LogP contribution in [0.5, 0.6) is 11.5 Å². The van der Waals surface area contributed by atoms with Crippen molar-refractivity contribution < 1.29 is 13.7 Å². The van der Waals surface area contributed by atoms with Gasteiger partial charge in [0.15, 0.2) is 17.5 Å². The van der Waals surface area contributed by atoms with Crippen LogP contribution in [-0.4, -0.2) is 62.2 Å². The van der Waals surface area contributed by atoms with Crippen LogP contribution in [0.25, 0.3) is 0 Å². The molecule has 0 amide bonds. The van der Waals surface area contributed by atoms with E-state index in [1.165, 1.54) is 0 Å². The lowest BCUT2D eigenvalue weighted by molar-refractivity contribution is 0.354. The molecule has 1 atom stereocenters. The third-order valence-electron chi connectivity index (χ3n) is 4.54. The smallest absolute Gasteiger partial charge is 0.193 e. The lowest BCUT2D eigenvalue weighted by Gasteiger charge is -2.22. The second-order valence-electron chi connectivity index (χ2n) is 6.61. The summed E-state index contributed by atoms with van der Waals surface area (Å²) >= 11 is 0. The number of hydrogen-bond donors (Lipinski definition) is 1. The van der Waals surface area contributed by atoms with Crippen LogP contribution in [0.1, 0.15) is 11.1 Å². The van der Waals surface area contributed by atoms with Gasteiger partial charge in [-0.3, -0.25) is 9.20 Å². The largest absolute Gasteiger partial charge is 0.493 e. The highest BCUT2D eigenvalue weighted by atomic mass is 127. The molecule has 2 aromatic rings. The molecule has 8 heteroatoms. The quantitative estimate of drug-likeness (QED) is 0.282. The van der Waals surface area contributed by atoms with Gasteiger partial charge >= 0.3 is 0 Å². The summed E-state index contributed by atoms with van der Waals surface area (Å²) in [5.41, 5.74) is 2.26. The number of methoxy groups -OCH3 is 2. The van der Waals surface area contributed by atoms with E-state index in [4.69, 9.17) is 9.47 Å². The summed E-state index contributed by atoms with van der Waals surface area (Å²) in [4.78, 5) is 6.40. The Labute approximate surface area is 199 Å². The first-order valence-electron chi connectivity index (χ1n) is 9.59. The number of ether oxygens (including phenoxy) is 2. The predicted octanol–water partition coefficient (Wildman–Crippen LogP) is 3.32. The SMILES string of the molecule is CN=C(NCCS(=O)Cc1ccccc1)N(C)CCc1ccc(OC)c(OC)c1.I. The maximum atomic E-state index is 12.3. The van der Waals surface area contributed by atoms with Crippen LogP contribution in [0.3, 0.4) is 0 Å². The molecule has 0 fully saturated rings. The fraction of sp³-hybridized carbons (Fsp3) is 0.409. The van der Waals surface area contributed by atoms with Gasteiger partial charge in [0.2, 0.25) is 0 Å².